The molecule has 0 amide bonds. The zero-order valence-corrected chi connectivity index (χ0v) is 11.5. The van der Waals surface area contributed by atoms with Crippen LogP contribution in [-0.4, -0.2) is 38.3 Å². The average molecular weight is 249 g/mol. The Hall–Kier alpha value is -1.13. The van der Waals surface area contributed by atoms with E-state index in [1.165, 1.54) is 5.69 Å². The Labute approximate surface area is 109 Å². The van der Waals surface area contributed by atoms with Crippen molar-refractivity contribution in [3.05, 3.63) is 24.0 Å². The number of aromatic nitrogens is 1. The van der Waals surface area contributed by atoms with Crippen LogP contribution >= 0.6 is 0 Å². The van der Waals surface area contributed by atoms with Crippen molar-refractivity contribution in [3.8, 4) is 0 Å². The zero-order valence-electron chi connectivity index (χ0n) is 11.5. The molecule has 4 heteroatoms. The summed E-state index contributed by atoms with van der Waals surface area (Å²) in [6.45, 7) is 4.23. The Kier molecular flexibility index (Phi) is 4.55. The number of ether oxygens (including phenoxy) is 1. The first-order chi connectivity index (χ1) is 8.74. The van der Waals surface area contributed by atoms with Gasteiger partial charge in [-0.1, -0.05) is 0 Å². The SMILES string of the molecule is CNC(C)c1ccc(N2CCC(OC)CC2)cn1. The molecule has 2 rings (SSSR count). The highest BCUT2D eigenvalue weighted by molar-refractivity contribution is 5.45. The first-order valence-corrected chi connectivity index (χ1v) is 6.65. The van der Waals surface area contributed by atoms with Gasteiger partial charge in [-0.05, 0) is 38.9 Å². The van der Waals surface area contributed by atoms with E-state index in [-0.39, 0.29) is 0 Å². The molecule has 1 aliphatic heterocycles. The highest BCUT2D eigenvalue weighted by atomic mass is 16.5. The van der Waals surface area contributed by atoms with E-state index in [1.807, 2.05) is 13.2 Å². The van der Waals surface area contributed by atoms with Crippen molar-refractivity contribution in [2.24, 2.45) is 0 Å². The van der Waals surface area contributed by atoms with Crippen LogP contribution in [-0.2, 0) is 4.74 Å². The van der Waals surface area contributed by atoms with Crippen LogP contribution in [0.3, 0.4) is 0 Å². The first kappa shape index (κ1) is 13.3. The van der Waals surface area contributed by atoms with Crippen LogP contribution in [0.4, 0.5) is 5.69 Å². The second-order valence-electron chi connectivity index (χ2n) is 4.87. The van der Waals surface area contributed by atoms with E-state index in [2.05, 4.69) is 34.3 Å². The van der Waals surface area contributed by atoms with Gasteiger partial charge in [0.05, 0.1) is 23.7 Å². The van der Waals surface area contributed by atoms with E-state index in [0.717, 1.165) is 31.6 Å². The number of hydrogen-bond acceptors (Lipinski definition) is 4. The smallest absolute Gasteiger partial charge is 0.0605 e. The summed E-state index contributed by atoms with van der Waals surface area (Å²) >= 11 is 0. The van der Waals surface area contributed by atoms with Crippen molar-refractivity contribution in [2.45, 2.75) is 31.9 Å². The molecule has 18 heavy (non-hydrogen) atoms. The van der Waals surface area contributed by atoms with Gasteiger partial charge in [-0.3, -0.25) is 4.98 Å². The van der Waals surface area contributed by atoms with Crippen molar-refractivity contribution in [1.82, 2.24) is 10.3 Å². The number of methoxy groups -OCH3 is 1. The Morgan fingerprint density at radius 2 is 2.11 bits per heavy atom. The molecule has 1 atom stereocenters. The summed E-state index contributed by atoms with van der Waals surface area (Å²) in [5, 5.41) is 3.20. The lowest BCUT2D eigenvalue weighted by atomic mass is 10.1. The second-order valence-corrected chi connectivity index (χ2v) is 4.87. The van der Waals surface area contributed by atoms with E-state index in [0.29, 0.717) is 12.1 Å². The van der Waals surface area contributed by atoms with Crippen LogP contribution in [0.5, 0.6) is 0 Å². The fraction of sp³-hybridized carbons (Fsp3) is 0.643. The van der Waals surface area contributed by atoms with Gasteiger partial charge in [0.1, 0.15) is 0 Å². The average Bonchev–Trinajstić information content (AvgIpc) is 2.47. The number of hydrogen-bond donors (Lipinski definition) is 1. The third-order valence-corrected chi connectivity index (χ3v) is 3.79. The third kappa shape index (κ3) is 3.00. The molecule has 1 aromatic heterocycles. The minimum absolute atomic E-state index is 0.304. The summed E-state index contributed by atoms with van der Waals surface area (Å²) < 4.78 is 5.39. The fourth-order valence-corrected chi connectivity index (χ4v) is 2.34. The molecule has 4 nitrogen and oxygen atoms in total. The fourth-order valence-electron chi connectivity index (χ4n) is 2.34. The molecule has 0 radical (unpaired) electrons. The molecule has 1 unspecified atom stereocenters. The van der Waals surface area contributed by atoms with Crippen molar-refractivity contribution in [2.75, 3.05) is 32.1 Å². The van der Waals surface area contributed by atoms with Gasteiger partial charge < -0.3 is 15.0 Å². The lowest BCUT2D eigenvalue weighted by Crippen LogP contribution is -2.36. The van der Waals surface area contributed by atoms with E-state index in [1.54, 1.807) is 7.11 Å². The molecule has 1 N–H and O–H groups in total. The summed E-state index contributed by atoms with van der Waals surface area (Å²) in [5.74, 6) is 0. The zero-order chi connectivity index (χ0) is 13.0. The maximum absolute atomic E-state index is 5.39. The molecule has 1 aromatic rings. The maximum atomic E-state index is 5.39. The molecule has 1 fully saturated rings. The summed E-state index contributed by atoms with van der Waals surface area (Å²) in [6, 6.07) is 4.58. The van der Waals surface area contributed by atoms with Crippen LogP contribution in [0, 0.1) is 0 Å². The summed E-state index contributed by atoms with van der Waals surface area (Å²) in [5.41, 5.74) is 2.31. The first-order valence-electron chi connectivity index (χ1n) is 6.65. The standard InChI is InChI=1S/C14H23N3O/c1-11(15-2)14-5-4-12(10-16-14)17-8-6-13(18-3)7-9-17/h4-5,10-11,13,15H,6-9H2,1-3H3. The number of piperidine rings is 1. The highest BCUT2D eigenvalue weighted by Gasteiger charge is 2.19. The van der Waals surface area contributed by atoms with Gasteiger partial charge in [0, 0.05) is 26.2 Å². The summed E-state index contributed by atoms with van der Waals surface area (Å²) in [4.78, 5) is 6.91. The Morgan fingerprint density at radius 1 is 1.39 bits per heavy atom. The van der Waals surface area contributed by atoms with E-state index in [4.69, 9.17) is 4.74 Å². The minimum Gasteiger partial charge on any atom is -0.381 e. The third-order valence-electron chi connectivity index (χ3n) is 3.79. The number of nitrogens with one attached hydrogen (secondary N) is 1. The van der Waals surface area contributed by atoms with Crippen LogP contribution in [0.25, 0.3) is 0 Å². The van der Waals surface area contributed by atoms with Gasteiger partial charge in [-0.15, -0.1) is 0 Å². The molecule has 100 valence electrons. The molecular weight excluding hydrogens is 226 g/mol. The second kappa shape index (κ2) is 6.16. The summed E-state index contributed by atoms with van der Waals surface area (Å²) in [7, 11) is 3.76. The molecular formula is C14H23N3O. The predicted molar refractivity (Wildman–Crippen MR) is 74.0 cm³/mol. The van der Waals surface area contributed by atoms with Gasteiger partial charge in [0.2, 0.25) is 0 Å². The lowest BCUT2D eigenvalue weighted by molar-refractivity contribution is 0.0819. The minimum atomic E-state index is 0.304. The van der Waals surface area contributed by atoms with Gasteiger partial charge in [0.15, 0.2) is 0 Å². The molecule has 0 spiro atoms. The molecule has 0 saturated carbocycles. The highest BCUT2D eigenvalue weighted by Crippen LogP contribution is 2.21. The molecule has 0 aromatic carbocycles. The largest absolute Gasteiger partial charge is 0.381 e. The van der Waals surface area contributed by atoms with Crippen LogP contribution < -0.4 is 10.2 Å². The lowest BCUT2D eigenvalue weighted by Gasteiger charge is -2.32. The Balaban J connectivity index is 1.98. The normalized spacial score (nSPS) is 18.9. The Morgan fingerprint density at radius 3 is 2.61 bits per heavy atom. The quantitative estimate of drug-likeness (QED) is 0.885. The molecule has 0 aliphatic carbocycles. The van der Waals surface area contributed by atoms with E-state index >= 15 is 0 Å². The van der Waals surface area contributed by atoms with Crippen molar-refractivity contribution < 1.29 is 4.74 Å². The maximum Gasteiger partial charge on any atom is 0.0605 e. The molecule has 1 aliphatic rings. The topological polar surface area (TPSA) is 37.4 Å². The van der Waals surface area contributed by atoms with Crippen LogP contribution in [0.2, 0.25) is 0 Å². The predicted octanol–water partition coefficient (Wildman–Crippen LogP) is 1.98. The van der Waals surface area contributed by atoms with Crippen LogP contribution in [0.15, 0.2) is 18.3 Å². The number of pyridine rings is 1. The van der Waals surface area contributed by atoms with Crippen molar-refractivity contribution >= 4 is 5.69 Å². The van der Waals surface area contributed by atoms with Crippen LogP contribution in [0.1, 0.15) is 31.5 Å². The number of anilines is 1. The van der Waals surface area contributed by atoms with Crippen molar-refractivity contribution in [1.29, 1.82) is 0 Å². The van der Waals surface area contributed by atoms with Gasteiger partial charge >= 0.3 is 0 Å². The summed E-state index contributed by atoms with van der Waals surface area (Å²) in [6.07, 6.45) is 4.62. The Bertz CT molecular complexity index is 358. The van der Waals surface area contributed by atoms with E-state index in [9.17, 15) is 0 Å². The van der Waals surface area contributed by atoms with Gasteiger partial charge in [0.25, 0.3) is 0 Å². The number of rotatable bonds is 4. The van der Waals surface area contributed by atoms with Crippen molar-refractivity contribution in [3.63, 3.8) is 0 Å². The molecule has 2 heterocycles. The van der Waals surface area contributed by atoms with E-state index < -0.39 is 0 Å². The van der Waals surface area contributed by atoms with Gasteiger partial charge in [-0.25, -0.2) is 0 Å². The molecule has 1 saturated heterocycles. The molecule has 0 bridgehead atoms. The number of nitrogens with zero attached hydrogens (tertiary/aromatic N) is 2. The monoisotopic (exact) mass is 249 g/mol. The van der Waals surface area contributed by atoms with Gasteiger partial charge in [-0.2, -0.15) is 0 Å².